The molecule has 0 fully saturated rings. The molecule has 1 atom stereocenters. The second kappa shape index (κ2) is 8.52. The fraction of sp³-hybridized carbons (Fsp3) is 0.333. The van der Waals surface area contributed by atoms with E-state index < -0.39 is 5.97 Å². The summed E-state index contributed by atoms with van der Waals surface area (Å²) in [5.41, 5.74) is 3.63. The highest BCUT2D eigenvalue weighted by Gasteiger charge is 2.14. The maximum atomic E-state index is 11.9. The molecule has 1 aliphatic rings. The van der Waals surface area contributed by atoms with Crippen molar-refractivity contribution in [3.63, 3.8) is 0 Å². The third-order valence-electron chi connectivity index (χ3n) is 4.47. The number of esters is 1. The van der Waals surface area contributed by atoms with Crippen LogP contribution in [0.2, 0.25) is 0 Å². The van der Waals surface area contributed by atoms with Crippen LogP contribution in [-0.4, -0.2) is 25.1 Å². The van der Waals surface area contributed by atoms with E-state index in [1.165, 1.54) is 11.1 Å². The first kappa shape index (κ1) is 18.0. The molecule has 0 unspecified atom stereocenters. The van der Waals surface area contributed by atoms with Crippen molar-refractivity contribution in [2.75, 3.05) is 13.2 Å². The van der Waals surface area contributed by atoms with E-state index in [1.807, 2.05) is 55.5 Å². The number of carbonyl (C=O) groups is 2. The molecule has 2 aromatic rings. The lowest BCUT2D eigenvalue weighted by atomic mass is 10.1. The molecule has 0 heterocycles. The summed E-state index contributed by atoms with van der Waals surface area (Å²) in [5, 5.41) is 2.80. The molecule has 1 aliphatic carbocycles. The van der Waals surface area contributed by atoms with Crippen molar-refractivity contribution in [3.05, 3.63) is 65.2 Å². The molecule has 0 bridgehead atoms. The number of amides is 1. The monoisotopic (exact) mass is 353 g/mol. The Morgan fingerprint density at radius 2 is 1.81 bits per heavy atom. The maximum Gasteiger partial charge on any atom is 0.344 e. The van der Waals surface area contributed by atoms with Gasteiger partial charge in [-0.3, -0.25) is 4.79 Å². The van der Waals surface area contributed by atoms with Crippen LogP contribution in [0.3, 0.4) is 0 Å². The normalized spacial score (nSPS) is 13.6. The first-order chi connectivity index (χ1) is 12.6. The fourth-order valence-corrected chi connectivity index (χ4v) is 3.08. The molecule has 0 aromatic heterocycles. The van der Waals surface area contributed by atoms with Crippen LogP contribution in [0, 0.1) is 0 Å². The van der Waals surface area contributed by atoms with Gasteiger partial charge in [-0.2, -0.15) is 0 Å². The average molecular weight is 353 g/mol. The highest BCUT2D eigenvalue weighted by molar-refractivity contribution is 5.81. The summed E-state index contributed by atoms with van der Waals surface area (Å²) in [4.78, 5) is 23.7. The quantitative estimate of drug-likeness (QED) is 0.777. The summed E-state index contributed by atoms with van der Waals surface area (Å²) in [6, 6.07) is 15.3. The topological polar surface area (TPSA) is 64.6 Å². The van der Waals surface area contributed by atoms with Gasteiger partial charge in [0.25, 0.3) is 5.91 Å². The van der Waals surface area contributed by atoms with Gasteiger partial charge in [0.2, 0.25) is 0 Å². The van der Waals surface area contributed by atoms with E-state index in [0.717, 1.165) is 24.8 Å². The van der Waals surface area contributed by atoms with Crippen molar-refractivity contribution in [3.8, 4) is 5.75 Å². The van der Waals surface area contributed by atoms with Crippen LogP contribution < -0.4 is 10.1 Å². The molecule has 0 aliphatic heterocycles. The molecular weight excluding hydrogens is 330 g/mol. The Morgan fingerprint density at radius 1 is 1.04 bits per heavy atom. The average Bonchev–Trinajstić information content (AvgIpc) is 3.13. The van der Waals surface area contributed by atoms with Crippen LogP contribution in [0.4, 0.5) is 0 Å². The van der Waals surface area contributed by atoms with Crippen molar-refractivity contribution in [2.24, 2.45) is 0 Å². The van der Waals surface area contributed by atoms with Crippen molar-refractivity contribution < 1.29 is 19.1 Å². The van der Waals surface area contributed by atoms with Gasteiger partial charge < -0.3 is 14.8 Å². The largest absolute Gasteiger partial charge is 0.482 e. The molecule has 5 nitrogen and oxygen atoms in total. The summed E-state index contributed by atoms with van der Waals surface area (Å²) in [7, 11) is 0. The van der Waals surface area contributed by atoms with Gasteiger partial charge >= 0.3 is 5.97 Å². The number of fused-ring (bicyclic) bond motifs is 1. The van der Waals surface area contributed by atoms with E-state index >= 15 is 0 Å². The number of aryl methyl sites for hydroxylation is 2. The molecule has 1 N–H and O–H groups in total. The predicted molar refractivity (Wildman–Crippen MR) is 97.9 cm³/mol. The minimum absolute atomic E-state index is 0.148. The molecule has 136 valence electrons. The lowest BCUT2D eigenvalue weighted by Crippen LogP contribution is -2.31. The van der Waals surface area contributed by atoms with Crippen molar-refractivity contribution >= 4 is 11.9 Å². The van der Waals surface area contributed by atoms with E-state index in [1.54, 1.807) is 0 Å². The smallest absolute Gasteiger partial charge is 0.344 e. The van der Waals surface area contributed by atoms with Crippen LogP contribution in [0.1, 0.15) is 36.1 Å². The Bertz CT molecular complexity index is 773. The number of benzene rings is 2. The lowest BCUT2D eigenvalue weighted by Gasteiger charge is -2.14. The third-order valence-corrected chi connectivity index (χ3v) is 4.47. The van der Waals surface area contributed by atoms with E-state index in [9.17, 15) is 9.59 Å². The zero-order chi connectivity index (χ0) is 18.4. The predicted octanol–water partition coefficient (Wildman–Crippen LogP) is 2.97. The van der Waals surface area contributed by atoms with Gasteiger partial charge in [-0.25, -0.2) is 4.79 Å². The minimum atomic E-state index is -0.562. The standard InChI is InChI=1S/C21H23NO4/c1-15(16-6-3-2-4-7-16)22-20(23)13-26-21(24)14-25-19-11-10-17-8-5-9-18(17)12-19/h2-4,6-7,10-12,15H,5,8-9,13-14H2,1H3,(H,22,23)/t15-/m0/s1. The molecule has 0 saturated carbocycles. The molecule has 1 amide bonds. The van der Waals surface area contributed by atoms with E-state index in [0.29, 0.717) is 5.75 Å². The van der Waals surface area contributed by atoms with Gasteiger partial charge in [-0.1, -0.05) is 36.4 Å². The van der Waals surface area contributed by atoms with Gasteiger partial charge in [0.15, 0.2) is 13.2 Å². The third kappa shape index (κ3) is 4.85. The number of hydrogen-bond donors (Lipinski definition) is 1. The van der Waals surface area contributed by atoms with Gasteiger partial charge in [0, 0.05) is 0 Å². The minimum Gasteiger partial charge on any atom is -0.482 e. The van der Waals surface area contributed by atoms with E-state index in [2.05, 4.69) is 5.32 Å². The second-order valence-corrected chi connectivity index (χ2v) is 6.43. The second-order valence-electron chi connectivity index (χ2n) is 6.43. The number of rotatable bonds is 7. The molecule has 0 spiro atoms. The molecule has 0 radical (unpaired) electrons. The zero-order valence-electron chi connectivity index (χ0n) is 14.9. The fourth-order valence-electron chi connectivity index (χ4n) is 3.08. The van der Waals surface area contributed by atoms with Crippen molar-refractivity contribution in [1.29, 1.82) is 0 Å². The molecule has 0 saturated heterocycles. The Hall–Kier alpha value is -2.82. The van der Waals surface area contributed by atoms with Crippen LogP contribution >= 0.6 is 0 Å². The highest BCUT2D eigenvalue weighted by atomic mass is 16.6. The summed E-state index contributed by atoms with van der Waals surface area (Å²) in [6.45, 7) is 1.36. The Balaban J connectivity index is 1.39. The van der Waals surface area contributed by atoms with Crippen LogP contribution in [-0.2, 0) is 27.2 Å². The van der Waals surface area contributed by atoms with Gasteiger partial charge in [0.05, 0.1) is 6.04 Å². The van der Waals surface area contributed by atoms with Crippen molar-refractivity contribution in [1.82, 2.24) is 5.32 Å². The Labute approximate surface area is 153 Å². The first-order valence-electron chi connectivity index (χ1n) is 8.86. The summed E-state index contributed by atoms with van der Waals surface area (Å²) in [6.07, 6.45) is 3.32. The summed E-state index contributed by atoms with van der Waals surface area (Å²) >= 11 is 0. The molecule has 26 heavy (non-hydrogen) atoms. The maximum absolute atomic E-state index is 11.9. The molecule has 3 rings (SSSR count). The summed E-state index contributed by atoms with van der Waals surface area (Å²) < 4.78 is 10.4. The molecule has 5 heteroatoms. The van der Waals surface area contributed by atoms with E-state index in [4.69, 9.17) is 9.47 Å². The van der Waals surface area contributed by atoms with Gasteiger partial charge in [-0.15, -0.1) is 0 Å². The Kier molecular flexibility index (Phi) is 5.89. The lowest BCUT2D eigenvalue weighted by molar-refractivity contribution is -0.150. The van der Waals surface area contributed by atoms with Crippen molar-refractivity contribution in [2.45, 2.75) is 32.2 Å². The number of ether oxygens (including phenoxy) is 2. The molecule has 2 aromatic carbocycles. The number of carbonyl (C=O) groups excluding carboxylic acids is 2. The summed E-state index contributed by atoms with van der Waals surface area (Å²) in [5.74, 6) is -0.245. The van der Waals surface area contributed by atoms with E-state index in [-0.39, 0.29) is 25.2 Å². The Morgan fingerprint density at radius 3 is 2.62 bits per heavy atom. The first-order valence-corrected chi connectivity index (χ1v) is 8.86. The SMILES string of the molecule is C[C@H](NC(=O)COC(=O)COc1ccc2c(c1)CCC2)c1ccccc1. The van der Waals surface area contributed by atoms with Gasteiger partial charge in [-0.05, 0) is 55.0 Å². The zero-order valence-corrected chi connectivity index (χ0v) is 14.9. The van der Waals surface area contributed by atoms with Crippen LogP contribution in [0.15, 0.2) is 48.5 Å². The molecular formula is C21H23NO4. The van der Waals surface area contributed by atoms with Crippen LogP contribution in [0.5, 0.6) is 5.75 Å². The number of hydrogen-bond acceptors (Lipinski definition) is 4. The highest BCUT2D eigenvalue weighted by Crippen LogP contribution is 2.25. The van der Waals surface area contributed by atoms with Gasteiger partial charge in [0.1, 0.15) is 5.75 Å². The number of nitrogens with one attached hydrogen (secondary N) is 1. The van der Waals surface area contributed by atoms with Crippen LogP contribution in [0.25, 0.3) is 0 Å².